The van der Waals surface area contributed by atoms with E-state index < -0.39 is 0 Å². The highest BCUT2D eigenvalue weighted by Gasteiger charge is 2.30. The molecule has 2 aliphatic heterocycles. The second kappa shape index (κ2) is 7.02. The van der Waals surface area contributed by atoms with Gasteiger partial charge in [-0.25, -0.2) is 0 Å². The third-order valence-corrected chi connectivity index (χ3v) is 6.09. The molecule has 4 rings (SSSR count). The number of quaternary nitrogens is 2. The van der Waals surface area contributed by atoms with Gasteiger partial charge in [-0.05, 0) is 30.0 Å². The Morgan fingerprint density at radius 1 is 0.783 bits per heavy atom. The average molecular weight is 310 g/mol. The van der Waals surface area contributed by atoms with Gasteiger partial charge in [0.05, 0.1) is 32.2 Å². The van der Waals surface area contributed by atoms with Gasteiger partial charge in [-0.1, -0.05) is 42.5 Å². The summed E-state index contributed by atoms with van der Waals surface area (Å²) >= 11 is 0. The van der Waals surface area contributed by atoms with Crippen molar-refractivity contribution in [2.45, 2.75) is 44.7 Å². The lowest BCUT2D eigenvalue weighted by molar-refractivity contribution is -0.965. The van der Waals surface area contributed by atoms with Gasteiger partial charge < -0.3 is 9.80 Å². The summed E-state index contributed by atoms with van der Waals surface area (Å²) in [4.78, 5) is 3.70. The fraction of sp³-hybridized carbons (Fsp3) is 0.524. The second-order valence-electron chi connectivity index (χ2n) is 7.56. The van der Waals surface area contributed by atoms with E-state index in [4.69, 9.17) is 0 Å². The Morgan fingerprint density at radius 2 is 1.52 bits per heavy atom. The molecule has 0 saturated carbocycles. The number of rotatable bonds is 3. The lowest BCUT2D eigenvalue weighted by Crippen LogP contribution is -3.20. The molecule has 0 bridgehead atoms. The number of hydrogen-bond acceptors (Lipinski definition) is 0. The molecule has 2 saturated heterocycles. The molecule has 122 valence electrons. The molecule has 0 amide bonds. The largest absolute Gasteiger partial charge is 0.332 e. The molecule has 23 heavy (non-hydrogen) atoms. The van der Waals surface area contributed by atoms with Gasteiger partial charge in [-0.2, -0.15) is 0 Å². The monoisotopic (exact) mass is 310 g/mol. The summed E-state index contributed by atoms with van der Waals surface area (Å²) in [5, 5.41) is 2.84. The zero-order chi connectivity index (χ0) is 15.5. The van der Waals surface area contributed by atoms with Crippen molar-refractivity contribution in [3.05, 3.63) is 48.0 Å². The van der Waals surface area contributed by atoms with E-state index in [0.29, 0.717) is 0 Å². The fourth-order valence-electron chi connectivity index (χ4n) is 4.74. The van der Waals surface area contributed by atoms with Crippen molar-refractivity contribution in [2.75, 3.05) is 26.2 Å². The van der Waals surface area contributed by atoms with E-state index in [0.717, 1.165) is 6.04 Å². The first-order valence-corrected chi connectivity index (χ1v) is 9.55. The summed E-state index contributed by atoms with van der Waals surface area (Å²) in [6, 6.07) is 16.6. The SMILES string of the molecule is c1ccc2c(C[NH+]3CCC([NH+]4CCCCC4)CC3)cccc2c1. The van der Waals surface area contributed by atoms with Crippen LogP contribution in [0.4, 0.5) is 0 Å². The number of hydrogen-bond donors (Lipinski definition) is 2. The zero-order valence-corrected chi connectivity index (χ0v) is 14.2. The van der Waals surface area contributed by atoms with Crippen LogP contribution in [-0.4, -0.2) is 32.2 Å². The normalized spacial score (nSPS) is 26.4. The lowest BCUT2D eigenvalue weighted by Gasteiger charge is -2.36. The van der Waals surface area contributed by atoms with Crippen LogP contribution in [0.1, 0.15) is 37.7 Å². The van der Waals surface area contributed by atoms with Crippen LogP contribution in [0.15, 0.2) is 42.5 Å². The topological polar surface area (TPSA) is 8.88 Å². The molecule has 0 atom stereocenters. The van der Waals surface area contributed by atoms with Crippen LogP contribution in [0.25, 0.3) is 10.8 Å². The third kappa shape index (κ3) is 3.44. The molecule has 2 nitrogen and oxygen atoms in total. The van der Waals surface area contributed by atoms with Crippen molar-refractivity contribution in [1.82, 2.24) is 0 Å². The molecule has 0 unspecified atom stereocenters. The van der Waals surface area contributed by atoms with Crippen LogP contribution in [-0.2, 0) is 6.54 Å². The van der Waals surface area contributed by atoms with E-state index in [1.165, 1.54) is 81.2 Å². The molecule has 2 aliphatic rings. The predicted molar refractivity (Wildman–Crippen MR) is 95.9 cm³/mol. The van der Waals surface area contributed by atoms with Crippen LogP contribution < -0.4 is 9.80 Å². The van der Waals surface area contributed by atoms with Crippen LogP contribution in [0, 0.1) is 0 Å². The quantitative estimate of drug-likeness (QED) is 0.849. The maximum atomic E-state index is 2.33. The molecule has 0 aromatic heterocycles. The number of nitrogens with one attached hydrogen (secondary N) is 2. The Kier molecular flexibility index (Phi) is 4.63. The van der Waals surface area contributed by atoms with Crippen molar-refractivity contribution in [2.24, 2.45) is 0 Å². The molecule has 0 spiro atoms. The fourth-order valence-corrected chi connectivity index (χ4v) is 4.74. The molecule has 2 fully saturated rings. The van der Waals surface area contributed by atoms with E-state index in [9.17, 15) is 0 Å². The first-order chi connectivity index (χ1) is 11.4. The van der Waals surface area contributed by atoms with E-state index in [-0.39, 0.29) is 0 Å². The number of fused-ring (bicyclic) bond motifs is 1. The Balaban J connectivity index is 1.39. The maximum absolute atomic E-state index is 2.33. The van der Waals surface area contributed by atoms with Crippen LogP contribution in [0.3, 0.4) is 0 Å². The summed E-state index contributed by atoms with van der Waals surface area (Å²) in [6.45, 7) is 6.78. The Bertz CT molecular complexity index is 632. The predicted octanol–water partition coefficient (Wildman–Crippen LogP) is 1.46. The molecule has 2 heterocycles. The molecule has 2 aromatic rings. The zero-order valence-electron chi connectivity index (χ0n) is 14.2. The van der Waals surface area contributed by atoms with Crippen molar-refractivity contribution >= 4 is 10.8 Å². The maximum Gasteiger partial charge on any atom is 0.103 e. The number of piperidine rings is 2. The molecule has 2 aromatic carbocycles. The summed E-state index contributed by atoms with van der Waals surface area (Å²) in [5.41, 5.74) is 1.53. The highest BCUT2D eigenvalue weighted by molar-refractivity contribution is 5.85. The Morgan fingerprint density at radius 3 is 2.35 bits per heavy atom. The van der Waals surface area contributed by atoms with Gasteiger partial charge in [-0.15, -0.1) is 0 Å². The minimum Gasteiger partial charge on any atom is -0.332 e. The molecular formula is C21H30N2+2. The second-order valence-corrected chi connectivity index (χ2v) is 7.56. The van der Waals surface area contributed by atoms with Crippen molar-refractivity contribution in [3.63, 3.8) is 0 Å². The van der Waals surface area contributed by atoms with E-state index in [2.05, 4.69) is 42.5 Å². The van der Waals surface area contributed by atoms with Gasteiger partial charge in [0, 0.05) is 18.4 Å². The smallest absolute Gasteiger partial charge is 0.103 e. The van der Waals surface area contributed by atoms with Gasteiger partial charge in [0.2, 0.25) is 0 Å². The summed E-state index contributed by atoms with van der Waals surface area (Å²) in [6.07, 6.45) is 7.23. The minimum absolute atomic E-state index is 0.951. The van der Waals surface area contributed by atoms with E-state index in [1.807, 2.05) is 4.90 Å². The first kappa shape index (κ1) is 15.2. The van der Waals surface area contributed by atoms with Crippen molar-refractivity contribution in [1.29, 1.82) is 0 Å². The highest BCUT2D eigenvalue weighted by atomic mass is 15.2. The molecule has 0 radical (unpaired) electrons. The van der Waals surface area contributed by atoms with Gasteiger partial charge in [-0.3, -0.25) is 0 Å². The van der Waals surface area contributed by atoms with Gasteiger partial charge in [0.15, 0.2) is 0 Å². The first-order valence-electron chi connectivity index (χ1n) is 9.55. The number of benzene rings is 2. The van der Waals surface area contributed by atoms with Crippen LogP contribution in [0.2, 0.25) is 0 Å². The van der Waals surface area contributed by atoms with Crippen molar-refractivity contribution in [3.8, 4) is 0 Å². The molecule has 0 aliphatic carbocycles. The molecular weight excluding hydrogens is 280 g/mol. The van der Waals surface area contributed by atoms with Gasteiger partial charge in [0.25, 0.3) is 0 Å². The Labute approximate surface area is 140 Å². The van der Waals surface area contributed by atoms with Crippen molar-refractivity contribution < 1.29 is 9.80 Å². The highest BCUT2D eigenvalue weighted by Crippen LogP contribution is 2.17. The van der Waals surface area contributed by atoms with E-state index >= 15 is 0 Å². The summed E-state index contributed by atoms with van der Waals surface area (Å²) in [7, 11) is 0. The third-order valence-electron chi connectivity index (χ3n) is 6.09. The lowest BCUT2D eigenvalue weighted by atomic mass is 9.98. The average Bonchev–Trinajstić information content (AvgIpc) is 2.63. The molecule has 2 N–H and O–H groups in total. The summed E-state index contributed by atoms with van der Waals surface area (Å²) < 4.78 is 0. The van der Waals surface area contributed by atoms with Crippen LogP contribution >= 0.6 is 0 Å². The standard InChI is InChI=1S/C21H28N2/c1-4-13-23(14-5-1)20-11-15-22(16-12-20)17-19-9-6-8-18-7-2-3-10-21(18)19/h2-3,6-10,20H,1,4-5,11-17H2/p+2. The van der Waals surface area contributed by atoms with E-state index in [1.54, 1.807) is 4.90 Å². The van der Waals surface area contributed by atoms with Crippen LogP contribution in [0.5, 0.6) is 0 Å². The minimum atomic E-state index is 0.951. The summed E-state index contributed by atoms with van der Waals surface area (Å²) in [5.74, 6) is 0. The van der Waals surface area contributed by atoms with Gasteiger partial charge >= 0.3 is 0 Å². The van der Waals surface area contributed by atoms with Gasteiger partial charge in [0.1, 0.15) is 6.54 Å². The Hall–Kier alpha value is -1.38. The number of likely N-dealkylation sites (tertiary alicyclic amines) is 2. The molecule has 2 heteroatoms.